The predicted octanol–water partition coefficient (Wildman–Crippen LogP) is 3.56. The molecule has 96 valence electrons. The molecule has 0 bridgehead atoms. The summed E-state index contributed by atoms with van der Waals surface area (Å²) in [5.74, 6) is -0.949. The van der Waals surface area contributed by atoms with Gasteiger partial charge < -0.3 is 10.0 Å². The highest BCUT2D eigenvalue weighted by Crippen LogP contribution is 2.27. The summed E-state index contributed by atoms with van der Waals surface area (Å²) in [6.07, 6.45) is 2.69. The first-order valence-corrected chi connectivity index (χ1v) is 6.25. The molecule has 0 unspecified atom stereocenters. The van der Waals surface area contributed by atoms with E-state index in [2.05, 4.69) is 27.4 Å². The SMILES string of the molecule is C=C(C)CN(C)c1ccc(/C=C/C(=O)O)cc1Br. The topological polar surface area (TPSA) is 40.5 Å². The minimum absolute atomic E-state index is 0.781. The fourth-order valence-corrected chi connectivity index (χ4v) is 2.29. The number of hydrogen-bond donors (Lipinski definition) is 1. The second-order valence-corrected chi connectivity index (χ2v) is 5.05. The molecule has 0 spiro atoms. The second kappa shape index (κ2) is 6.40. The molecule has 0 aliphatic rings. The molecule has 0 saturated carbocycles. The highest BCUT2D eigenvalue weighted by molar-refractivity contribution is 9.10. The van der Waals surface area contributed by atoms with Gasteiger partial charge in [-0.3, -0.25) is 0 Å². The van der Waals surface area contributed by atoms with Crippen LogP contribution in [0.1, 0.15) is 12.5 Å². The van der Waals surface area contributed by atoms with Crippen LogP contribution in [0, 0.1) is 0 Å². The Morgan fingerprint density at radius 1 is 1.56 bits per heavy atom. The average Bonchev–Trinajstić information content (AvgIpc) is 2.25. The Bertz CT molecular complexity index is 495. The average molecular weight is 310 g/mol. The van der Waals surface area contributed by atoms with E-state index < -0.39 is 5.97 Å². The quantitative estimate of drug-likeness (QED) is 0.668. The van der Waals surface area contributed by atoms with Crippen LogP contribution in [-0.2, 0) is 4.79 Å². The molecule has 1 aromatic carbocycles. The lowest BCUT2D eigenvalue weighted by atomic mass is 10.1. The molecule has 1 rings (SSSR count). The first-order valence-electron chi connectivity index (χ1n) is 5.46. The van der Waals surface area contributed by atoms with Gasteiger partial charge in [-0.15, -0.1) is 0 Å². The van der Waals surface area contributed by atoms with Crippen LogP contribution in [0.15, 0.2) is 40.9 Å². The summed E-state index contributed by atoms with van der Waals surface area (Å²) in [5, 5.41) is 8.57. The number of anilines is 1. The molecule has 1 N–H and O–H groups in total. The molecule has 0 saturated heterocycles. The first kappa shape index (κ1) is 14.5. The van der Waals surface area contributed by atoms with Gasteiger partial charge in [0.25, 0.3) is 0 Å². The summed E-state index contributed by atoms with van der Waals surface area (Å²) in [6.45, 7) is 6.64. The third-order valence-corrected chi connectivity index (χ3v) is 2.94. The second-order valence-electron chi connectivity index (χ2n) is 4.20. The summed E-state index contributed by atoms with van der Waals surface area (Å²) in [6, 6.07) is 5.73. The Balaban J connectivity index is 2.92. The van der Waals surface area contributed by atoms with Gasteiger partial charge >= 0.3 is 5.97 Å². The monoisotopic (exact) mass is 309 g/mol. The van der Waals surface area contributed by atoms with Crippen molar-refractivity contribution in [2.24, 2.45) is 0 Å². The number of benzene rings is 1. The smallest absolute Gasteiger partial charge is 0.328 e. The van der Waals surface area contributed by atoms with E-state index in [0.717, 1.165) is 33.9 Å². The number of likely N-dealkylation sites (N-methyl/N-ethyl adjacent to an activating group) is 1. The summed E-state index contributed by atoms with van der Waals surface area (Å²) in [5.41, 5.74) is 2.97. The molecule has 0 aromatic heterocycles. The molecule has 18 heavy (non-hydrogen) atoms. The van der Waals surface area contributed by atoms with E-state index in [1.807, 2.05) is 32.2 Å². The van der Waals surface area contributed by atoms with E-state index in [4.69, 9.17) is 5.11 Å². The number of carboxylic acids is 1. The summed E-state index contributed by atoms with van der Waals surface area (Å²) in [4.78, 5) is 12.5. The fourth-order valence-electron chi connectivity index (χ4n) is 1.59. The molecule has 0 fully saturated rings. The van der Waals surface area contributed by atoms with Crippen LogP contribution < -0.4 is 4.90 Å². The number of carboxylic acid groups (broad SMARTS) is 1. The largest absolute Gasteiger partial charge is 0.478 e. The molecule has 4 heteroatoms. The number of nitrogens with zero attached hydrogens (tertiary/aromatic N) is 1. The molecule has 1 aromatic rings. The van der Waals surface area contributed by atoms with Crippen LogP contribution in [-0.4, -0.2) is 24.7 Å². The normalized spacial score (nSPS) is 10.6. The molecule has 0 radical (unpaired) electrons. The van der Waals surface area contributed by atoms with Gasteiger partial charge in [0.2, 0.25) is 0 Å². The number of rotatable bonds is 5. The van der Waals surface area contributed by atoms with Crippen LogP contribution in [0.3, 0.4) is 0 Å². The van der Waals surface area contributed by atoms with Gasteiger partial charge in [0.05, 0.1) is 5.69 Å². The third-order valence-electron chi connectivity index (χ3n) is 2.31. The Hall–Kier alpha value is -1.55. The molecule has 0 aliphatic heterocycles. The van der Waals surface area contributed by atoms with Gasteiger partial charge in [-0.1, -0.05) is 18.2 Å². The third kappa shape index (κ3) is 4.37. The van der Waals surface area contributed by atoms with Gasteiger partial charge in [0, 0.05) is 24.1 Å². The lowest BCUT2D eigenvalue weighted by molar-refractivity contribution is -0.131. The minimum atomic E-state index is -0.949. The Labute approximate surface area is 116 Å². The van der Waals surface area contributed by atoms with Gasteiger partial charge in [-0.2, -0.15) is 0 Å². The highest BCUT2D eigenvalue weighted by Gasteiger charge is 2.06. The van der Waals surface area contributed by atoms with Gasteiger partial charge in [0.15, 0.2) is 0 Å². The van der Waals surface area contributed by atoms with E-state index in [-0.39, 0.29) is 0 Å². The van der Waals surface area contributed by atoms with E-state index in [1.54, 1.807) is 6.08 Å². The van der Waals surface area contributed by atoms with Gasteiger partial charge in [-0.25, -0.2) is 4.79 Å². The number of carbonyl (C=O) groups is 1. The number of aliphatic carboxylic acids is 1. The fraction of sp³-hybridized carbons (Fsp3) is 0.214. The van der Waals surface area contributed by atoms with Crippen molar-refractivity contribution in [1.82, 2.24) is 0 Å². The van der Waals surface area contributed by atoms with Crippen LogP contribution in [0.5, 0.6) is 0 Å². The van der Waals surface area contributed by atoms with E-state index in [9.17, 15) is 4.79 Å². The Morgan fingerprint density at radius 2 is 2.22 bits per heavy atom. The zero-order chi connectivity index (χ0) is 13.7. The van der Waals surface area contributed by atoms with Crippen LogP contribution in [0.25, 0.3) is 6.08 Å². The summed E-state index contributed by atoms with van der Waals surface area (Å²) >= 11 is 3.49. The number of halogens is 1. The maximum absolute atomic E-state index is 10.4. The zero-order valence-electron chi connectivity index (χ0n) is 10.5. The number of hydrogen-bond acceptors (Lipinski definition) is 2. The van der Waals surface area contributed by atoms with Gasteiger partial charge in [-0.05, 0) is 46.6 Å². The lowest BCUT2D eigenvalue weighted by Crippen LogP contribution is -2.19. The molecule has 0 atom stereocenters. The maximum atomic E-state index is 10.4. The predicted molar refractivity (Wildman–Crippen MR) is 78.9 cm³/mol. The molecule has 0 heterocycles. The molecule has 0 amide bonds. The lowest BCUT2D eigenvalue weighted by Gasteiger charge is -2.21. The van der Waals surface area contributed by atoms with E-state index >= 15 is 0 Å². The van der Waals surface area contributed by atoms with Crippen molar-refractivity contribution in [2.45, 2.75) is 6.92 Å². The van der Waals surface area contributed by atoms with E-state index in [0.29, 0.717) is 0 Å². The van der Waals surface area contributed by atoms with Crippen LogP contribution >= 0.6 is 15.9 Å². The Morgan fingerprint density at radius 3 is 2.72 bits per heavy atom. The molecule has 3 nitrogen and oxygen atoms in total. The van der Waals surface area contributed by atoms with E-state index in [1.165, 1.54) is 0 Å². The molecular formula is C14H16BrNO2. The molecule has 0 aliphatic carbocycles. The Kier molecular flexibility index (Phi) is 5.16. The minimum Gasteiger partial charge on any atom is -0.478 e. The van der Waals surface area contributed by atoms with Crippen molar-refractivity contribution in [3.8, 4) is 0 Å². The van der Waals surface area contributed by atoms with Crippen LogP contribution in [0.2, 0.25) is 0 Å². The van der Waals surface area contributed by atoms with Crippen molar-refractivity contribution in [1.29, 1.82) is 0 Å². The maximum Gasteiger partial charge on any atom is 0.328 e. The summed E-state index contributed by atoms with van der Waals surface area (Å²) in [7, 11) is 1.99. The first-order chi connectivity index (χ1) is 8.40. The zero-order valence-corrected chi connectivity index (χ0v) is 12.1. The van der Waals surface area contributed by atoms with Crippen molar-refractivity contribution in [3.05, 3.63) is 46.5 Å². The van der Waals surface area contributed by atoms with Crippen LogP contribution in [0.4, 0.5) is 5.69 Å². The van der Waals surface area contributed by atoms with Crippen molar-refractivity contribution in [3.63, 3.8) is 0 Å². The highest BCUT2D eigenvalue weighted by atomic mass is 79.9. The van der Waals surface area contributed by atoms with Crippen molar-refractivity contribution in [2.75, 3.05) is 18.5 Å². The van der Waals surface area contributed by atoms with Gasteiger partial charge in [0.1, 0.15) is 0 Å². The summed E-state index contributed by atoms with van der Waals surface area (Å²) < 4.78 is 0.929. The molecular weight excluding hydrogens is 294 g/mol. The van der Waals surface area contributed by atoms with Crippen molar-refractivity contribution >= 4 is 33.7 Å². The standard InChI is InChI=1S/C14H16BrNO2/c1-10(2)9-16(3)13-6-4-11(8-12(13)15)5-7-14(17)18/h4-8H,1,9H2,2-3H3,(H,17,18)/b7-5+. The van der Waals surface area contributed by atoms with Crippen molar-refractivity contribution < 1.29 is 9.90 Å².